The van der Waals surface area contributed by atoms with Crippen LogP contribution in [0, 0.1) is 23.7 Å². The first-order valence-electron chi connectivity index (χ1n) is 13.3. The van der Waals surface area contributed by atoms with Gasteiger partial charge < -0.3 is 0 Å². The summed E-state index contributed by atoms with van der Waals surface area (Å²) in [4.78, 5) is 60.5. The van der Waals surface area contributed by atoms with Gasteiger partial charge in [0.1, 0.15) is 9.79 Å². The molecule has 0 radical (unpaired) electrons. The van der Waals surface area contributed by atoms with Crippen LogP contribution < -0.4 is 0 Å². The Morgan fingerprint density at radius 1 is 0.545 bits per heavy atom. The highest BCUT2D eigenvalue weighted by atomic mass is 32.2. The van der Waals surface area contributed by atoms with Crippen LogP contribution in [-0.4, -0.2) is 60.6 Å². The van der Waals surface area contributed by atoms with Gasteiger partial charge in [0, 0.05) is 23.2 Å². The van der Waals surface area contributed by atoms with E-state index < -0.39 is 67.5 Å². The first kappa shape index (κ1) is 28.1. The van der Waals surface area contributed by atoms with Crippen LogP contribution in [0.15, 0.2) is 82.8 Å². The molecule has 44 heavy (non-hydrogen) atoms. The van der Waals surface area contributed by atoms with Gasteiger partial charge in [-0.3, -0.25) is 29.1 Å². The van der Waals surface area contributed by atoms with Crippen molar-refractivity contribution in [2.45, 2.75) is 22.6 Å². The normalized spacial score (nSPS) is 23.9. The van der Waals surface area contributed by atoms with Crippen molar-refractivity contribution in [2.75, 3.05) is 0 Å². The molecular weight excluding hydrogens is 616 g/mol. The molecule has 4 unspecified atom stereocenters. The molecule has 2 aromatic carbocycles. The van der Waals surface area contributed by atoms with Gasteiger partial charge in [-0.1, -0.05) is 36.4 Å². The summed E-state index contributed by atoms with van der Waals surface area (Å²) >= 11 is 0. The lowest BCUT2D eigenvalue weighted by Crippen LogP contribution is -2.35. The molecule has 4 atom stereocenters. The minimum Gasteiger partial charge on any atom is -0.272 e. The van der Waals surface area contributed by atoms with E-state index in [-0.39, 0.29) is 43.8 Å². The lowest BCUT2D eigenvalue weighted by Gasteiger charge is -2.27. The summed E-state index contributed by atoms with van der Waals surface area (Å²) in [5, 5.41) is 1.30. The minimum atomic E-state index is -4.70. The molecule has 2 aliphatic heterocycles. The van der Waals surface area contributed by atoms with Crippen molar-refractivity contribution < 1.29 is 44.6 Å². The van der Waals surface area contributed by atoms with Crippen LogP contribution in [0.3, 0.4) is 0 Å². The fourth-order valence-electron chi connectivity index (χ4n) is 6.09. The molecule has 7 rings (SSSR count). The summed E-state index contributed by atoms with van der Waals surface area (Å²) in [5.74, 6) is -8.71. The largest absolute Gasteiger partial charge is 0.320 e. The van der Waals surface area contributed by atoms with Crippen molar-refractivity contribution in [3.8, 4) is 0 Å². The Kier molecular flexibility index (Phi) is 6.36. The molecule has 14 nitrogen and oxygen atoms in total. The number of rotatable bonds is 6. The fraction of sp³-hybridized carbons (Fsp3) is 0.214. The molecule has 0 N–H and O–H groups in total. The van der Waals surface area contributed by atoms with E-state index in [2.05, 4.69) is 9.97 Å². The van der Waals surface area contributed by atoms with Crippen molar-refractivity contribution in [3.05, 3.63) is 73.1 Å². The summed E-state index contributed by atoms with van der Waals surface area (Å²) < 4.78 is 62.8. The third-order valence-electron chi connectivity index (χ3n) is 8.13. The Morgan fingerprint density at radius 3 is 1.25 bits per heavy atom. The highest BCUT2D eigenvalue weighted by Gasteiger charge is 2.62. The van der Waals surface area contributed by atoms with Gasteiger partial charge in [0.15, 0.2) is 0 Å². The fourth-order valence-corrected chi connectivity index (χ4v) is 8.25. The molecular formula is C28H20N4O10S2. The molecule has 16 heteroatoms. The number of hydroxylamine groups is 4. The average Bonchev–Trinajstić information content (AvgIpc) is 3.38. The predicted molar refractivity (Wildman–Crippen MR) is 147 cm³/mol. The molecule has 4 aromatic rings. The van der Waals surface area contributed by atoms with Gasteiger partial charge in [-0.2, -0.15) is 16.8 Å². The lowest BCUT2D eigenvalue weighted by molar-refractivity contribution is -0.166. The monoisotopic (exact) mass is 636 g/mol. The summed E-state index contributed by atoms with van der Waals surface area (Å²) in [5.41, 5.74) is 0.151. The average molecular weight is 637 g/mol. The number of benzene rings is 2. The Hall–Kier alpha value is -4.64. The van der Waals surface area contributed by atoms with Crippen LogP contribution in [-0.2, 0) is 48.0 Å². The second-order valence-electron chi connectivity index (χ2n) is 10.6. The first-order valence-corrected chi connectivity index (χ1v) is 16.1. The van der Waals surface area contributed by atoms with E-state index in [0.29, 0.717) is 10.8 Å². The summed E-state index contributed by atoms with van der Waals surface area (Å²) in [7, 11) is -9.41. The van der Waals surface area contributed by atoms with Crippen LogP contribution in [0.25, 0.3) is 21.8 Å². The maximum atomic E-state index is 13.3. The van der Waals surface area contributed by atoms with Gasteiger partial charge in [-0.15, -0.1) is 18.7 Å². The van der Waals surface area contributed by atoms with Crippen molar-refractivity contribution in [2.24, 2.45) is 23.7 Å². The SMILES string of the molecule is O=C1C2CC3C(=O)N(OS(=O)(=O)c4cccc5cccnc45)C(=O)C3CC2C(=O)N1OS(=O)(=O)c1cccc2cccnc12. The van der Waals surface area contributed by atoms with Crippen molar-refractivity contribution >= 4 is 65.7 Å². The predicted octanol–water partition coefficient (Wildman–Crippen LogP) is 1.72. The minimum absolute atomic E-state index is 0.0755. The number of nitrogens with zero attached hydrogens (tertiary/aromatic N) is 4. The Balaban J connectivity index is 1.12. The van der Waals surface area contributed by atoms with E-state index in [1.54, 1.807) is 36.4 Å². The summed E-state index contributed by atoms with van der Waals surface area (Å²) in [6.07, 6.45) is 2.12. The highest BCUT2D eigenvalue weighted by Crippen LogP contribution is 2.48. The second kappa shape index (κ2) is 9.95. The van der Waals surface area contributed by atoms with Gasteiger partial charge >= 0.3 is 20.2 Å². The smallest absolute Gasteiger partial charge is 0.272 e. The van der Waals surface area contributed by atoms with Crippen LogP contribution in [0.1, 0.15) is 12.8 Å². The van der Waals surface area contributed by atoms with Crippen LogP contribution in [0.4, 0.5) is 0 Å². The molecule has 4 heterocycles. The van der Waals surface area contributed by atoms with Crippen molar-refractivity contribution in [3.63, 3.8) is 0 Å². The molecule has 0 spiro atoms. The number of carbonyl (C=O) groups excluding carboxylic acids is 4. The summed E-state index contributed by atoms with van der Waals surface area (Å²) in [6.45, 7) is 0. The number of para-hydroxylation sites is 2. The molecule has 0 bridgehead atoms. The number of hydrogen-bond acceptors (Lipinski definition) is 12. The van der Waals surface area contributed by atoms with E-state index >= 15 is 0 Å². The van der Waals surface area contributed by atoms with E-state index in [1.807, 2.05) is 0 Å². The zero-order valence-electron chi connectivity index (χ0n) is 22.3. The number of hydrogen-bond donors (Lipinski definition) is 0. The van der Waals surface area contributed by atoms with Gasteiger partial charge in [-0.25, -0.2) is 0 Å². The molecule has 1 saturated carbocycles. The maximum Gasteiger partial charge on any atom is 0.320 e. The Morgan fingerprint density at radius 2 is 0.886 bits per heavy atom. The Bertz CT molecular complexity index is 1950. The maximum absolute atomic E-state index is 13.3. The molecule has 224 valence electrons. The molecule has 3 aliphatic rings. The number of pyridine rings is 2. The quantitative estimate of drug-likeness (QED) is 0.279. The van der Waals surface area contributed by atoms with Crippen molar-refractivity contribution in [1.29, 1.82) is 0 Å². The standard InChI is InChI=1S/C28H20N4O10S2/c33-25-17-13-19-20(28(36)32(27(19)35)42-44(39,40)22-10-2-6-16-8-4-12-30-24(16)22)14-18(17)26(34)31(25)41-43(37,38)21-9-1-5-15-7-3-11-29-23(15)21/h1-12,17-20H,13-14H2. The second-order valence-corrected chi connectivity index (χ2v) is 13.6. The number of amides is 4. The Labute approximate surface area is 249 Å². The zero-order valence-corrected chi connectivity index (χ0v) is 24.0. The van der Waals surface area contributed by atoms with Crippen molar-refractivity contribution in [1.82, 2.24) is 20.1 Å². The molecule has 2 saturated heterocycles. The van der Waals surface area contributed by atoms with Gasteiger partial charge in [0.05, 0.1) is 34.7 Å². The van der Waals surface area contributed by atoms with E-state index in [0.717, 1.165) is 0 Å². The van der Waals surface area contributed by atoms with Gasteiger partial charge in [0.25, 0.3) is 23.6 Å². The van der Waals surface area contributed by atoms with Crippen LogP contribution >= 0.6 is 0 Å². The molecule has 4 amide bonds. The van der Waals surface area contributed by atoms with Crippen LogP contribution in [0.5, 0.6) is 0 Å². The number of aromatic nitrogens is 2. The number of fused-ring (bicyclic) bond motifs is 4. The molecule has 2 aromatic heterocycles. The first-order chi connectivity index (χ1) is 21.0. The van der Waals surface area contributed by atoms with Crippen LogP contribution in [0.2, 0.25) is 0 Å². The third-order valence-corrected chi connectivity index (χ3v) is 10.6. The highest BCUT2D eigenvalue weighted by molar-refractivity contribution is 7.87. The van der Waals surface area contributed by atoms with Gasteiger partial charge in [-0.05, 0) is 37.1 Å². The molecule has 3 fully saturated rings. The third kappa shape index (κ3) is 4.29. The van der Waals surface area contributed by atoms with E-state index in [4.69, 9.17) is 8.57 Å². The lowest BCUT2D eigenvalue weighted by atomic mass is 9.70. The molecule has 1 aliphatic carbocycles. The van der Waals surface area contributed by atoms with E-state index in [1.165, 1.54) is 36.7 Å². The number of carbonyl (C=O) groups is 4. The van der Waals surface area contributed by atoms with Gasteiger partial charge in [0.2, 0.25) is 0 Å². The number of imide groups is 2. The topological polar surface area (TPSA) is 187 Å². The summed E-state index contributed by atoms with van der Waals surface area (Å²) in [6, 6.07) is 15.1. The zero-order chi connectivity index (χ0) is 31.0. The van der Waals surface area contributed by atoms with E-state index in [9.17, 15) is 36.0 Å².